The Kier molecular flexibility index (Phi) is 9.71. The lowest BCUT2D eigenvalue weighted by Crippen LogP contribution is -2.52. The normalized spacial score (nSPS) is 12.6. The third-order valence-corrected chi connectivity index (χ3v) is 6.67. The maximum absolute atomic E-state index is 14.6. The molecule has 1 N–H and O–H groups in total. The third kappa shape index (κ3) is 7.45. The van der Waals surface area contributed by atoms with Gasteiger partial charge in [-0.05, 0) is 37.1 Å². The molecule has 34 heavy (non-hydrogen) atoms. The summed E-state index contributed by atoms with van der Waals surface area (Å²) in [6.45, 7) is 3.95. The first-order valence-corrected chi connectivity index (χ1v) is 12.5. The zero-order valence-corrected chi connectivity index (χ0v) is 20.4. The summed E-state index contributed by atoms with van der Waals surface area (Å²) in [5.41, 5.74) is 1.32. The van der Waals surface area contributed by atoms with Crippen LogP contribution in [-0.2, 0) is 22.6 Å². The topological polar surface area (TPSA) is 49.4 Å². The molecule has 178 valence electrons. The van der Waals surface area contributed by atoms with Crippen molar-refractivity contribution in [1.82, 2.24) is 10.2 Å². The van der Waals surface area contributed by atoms with Crippen LogP contribution in [0.25, 0.3) is 0 Å². The van der Waals surface area contributed by atoms with Crippen LogP contribution in [0.2, 0.25) is 0 Å². The van der Waals surface area contributed by atoms with Crippen LogP contribution in [0.4, 0.5) is 4.39 Å². The van der Waals surface area contributed by atoms with E-state index < -0.39 is 11.9 Å². The number of carbonyl (C=O) groups excluding carboxylic acids is 2. The Morgan fingerprint density at radius 2 is 1.56 bits per heavy atom. The minimum Gasteiger partial charge on any atom is -0.352 e. The molecule has 3 aromatic carbocycles. The van der Waals surface area contributed by atoms with Crippen molar-refractivity contribution >= 4 is 23.6 Å². The van der Waals surface area contributed by atoms with Crippen molar-refractivity contribution < 1.29 is 14.0 Å². The van der Waals surface area contributed by atoms with E-state index >= 15 is 0 Å². The van der Waals surface area contributed by atoms with Crippen LogP contribution in [0.1, 0.15) is 31.4 Å². The first-order valence-electron chi connectivity index (χ1n) is 11.5. The van der Waals surface area contributed by atoms with Gasteiger partial charge in [0.1, 0.15) is 11.9 Å². The predicted octanol–water partition coefficient (Wildman–Crippen LogP) is 5.47. The molecule has 0 aliphatic carbocycles. The van der Waals surface area contributed by atoms with Crippen molar-refractivity contribution in [3.05, 3.63) is 102 Å². The molecule has 0 saturated carbocycles. The van der Waals surface area contributed by atoms with E-state index in [0.29, 0.717) is 12.0 Å². The van der Waals surface area contributed by atoms with E-state index in [2.05, 4.69) is 5.32 Å². The van der Waals surface area contributed by atoms with Crippen molar-refractivity contribution in [2.75, 3.05) is 5.75 Å². The number of halogens is 1. The number of nitrogens with zero attached hydrogens (tertiary/aromatic N) is 1. The Labute approximate surface area is 205 Å². The number of nitrogens with one attached hydrogen (secondary N) is 1. The summed E-state index contributed by atoms with van der Waals surface area (Å²) in [6, 6.07) is 24.8. The van der Waals surface area contributed by atoms with Gasteiger partial charge < -0.3 is 10.2 Å². The van der Waals surface area contributed by atoms with Crippen LogP contribution in [-0.4, -0.2) is 34.6 Å². The Balaban J connectivity index is 1.92. The van der Waals surface area contributed by atoms with E-state index in [1.807, 2.05) is 74.5 Å². The molecule has 0 aromatic heterocycles. The molecule has 0 bridgehead atoms. The van der Waals surface area contributed by atoms with Gasteiger partial charge in [-0.2, -0.15) is 0 Å². The van der Waals surface area contributed by atoms with Crippen molar-refractivity contribution in [2.24, 2.45) is 0 Å². The highest BCUT2D eigenvalue weighted by Crippen LogP contribution is 2.21. The number of hydrogen-bond donors (Lipinski definition) is 1. The molecule has 0 aliphatic rings. The van der Waals surface area contributed by atoms with Gasteiger partial charge in [0.05, 0.1) is 5.75 Å². The minimum atomic E-state index is -0.764. The molecule has 2 atom stereocenters. The van der Waals surface area contributed by atoms with E-state index in [9.17, 15) is 14.0 Å². The average molecular weight is 479 g/mol. The maximum Gasteiger partial charge on any atom is 0.243 e. The van der Waals surface area contributed by atoms with Gasteiger partial charge in [0, 0.05) is 29.5 Å². The third-order valence-electron chi connectivity index (χ3n) is 5.68. The molecule has 0 heterocycles. The predicted molar refractivity (Wildman–Crippen MR) is 136 cm³/mol. The standard InChI is InChI=1S/C28H31FN2O2S/c1-3-21(2)30-28(33)26(18-22-12-6-4-7-13-22)31(19-23-14-10-11-17-25(23)29)27(32)20-34-24-15-8-5-9-16-24/h4-17,21,26H,3,18-20H2,1-2H3,(H,30,33)/t21-,26-/m0/s1. The molecule has 3 rings (SSSR count). The first-order chi connectivity index (χ1) is 16.5. The van der Waals surface area contributed by atoms with Crippen molar-refractivity contribution in [3.8, 4) is 0 Å². The van der Waals surface area contributed by atoms with Crippen LogP contribution >= 0.6 is 11.8 Å². The molecule has 0 spiro atoms. The van der Waals surface area contributed by atoms with Gasteiger partial charge in [0.2, 0.25) is 11.8 Å². The van der Waals surface area contributed by atoms with E-state index in [-0.39, 0.29) is 30.2 Å². The lowest BCUT2D eigenvalue weighted by molar-refractivity contribution is -0.139. The molecule has 2 amide bonds. The summed E-state index contributed by atoms with van der Waals surface area (Å²) in [5.74, 6) is -0.679. The summed E-state index contributed by atoms with van der Waals surface area (Å²) in [7, 11) is 0. The maximum atomic E-state index is 14.6. The van der Waals surface area contributed by atoms with Gasteiger partial charge in [0.25, 0.3) is 0 Å². The highest BCUT2D eigenvalue weighted by molar-refractivity contribution is 8.00. The van der Waals surface area contributed by atoms with E-state index in [1.54, 1.807) is 18.2 Å². The molecule has 0 radical (unpaired) electrons. The smallest absolute Gasteiger partial charge is 0.243 e. The van der Waals surface area contributed by atoms with E-state index in [0.717, 1.165) is 16.9 Å². The fraction of sp³-hybridized carbons (Fsp3) is 0.286. The molecule has 3 aromatic rings. The SMILES string of the molecule is CC[C@H](C)NC(=O)[C@H](Cc1ccccc1)N(Cc1ccccc1F)C(=O)CSc1ccccc1. The lowest BCUT2D eigenvalue weighted by Gasteiger charge is -2.32. The molecule has 0 saturated heterocycles. The summed E-state index contributed by atoms with van der Waals surface area (Å²) in [4.78, 5) is 29.4. The molecular formula is C28H31FN2O2S. The zero-order chi connectivity index (χ0) is 24.3. The van der Waals surface area contributed by atoms with Crippen molar-refractivity contribution in [2.45, 2.75) is 50.2 Å². The lowest BCUT2D eigenvalue weighted by atomic mass is 10.0. The van der Waals surface area contributed by atoms with Crippen LogP contribution in [0, 0.1) is 5.82 Å². The summed E-state index contributed by atoms with van der Waals surface area (Å²) >= 11 is 1.41. The molecular weight excluding hydrogens is 447 g/mol. The van der Waals surface area contributed by atoms with Gasteiger partial charge in [-0.15, -0.1) is 11.8 Å². The number of amides is 2. The average Bonchev–Trinajstić information content (AvgIpc) is 2.86. The Hall–Kier alpha value is -3.12. The van der Waals surface area contributed by atoms with Crippen LogP contribution in [0.3, 0.4) is 0 Å². The minimum absolute atomic E-state index is 0.0201. The summed E-state index contributed by atoms with van der Waals surface area (Å²) in [5, 5.41) is 3.03. The molecule has 6 heteroatoms. The first kappa shape index (κ1) is 25.5. The molecule has 0 aliphatic heterocycles. The number of benzene rings is 3. The zero-order valence-electron chi connectivity index (χ0n) is 19.6. The second kappa shape index (κ2) is 12.9. The highest BCUT2D eigenvalue weighted by Gasteiger charge is 2.31. The van der Waals surface area contributed by atoms with Crippen LogP contribution in [0.15, 0.2) is 89.8 Å². The summed E-state index contributed by atoms with van der Waals surface area (Å²) < 4.78 is 14.6. The van der Waals surface area contributed by atoms with Gasteiger partial charge in [-0.3, -0.25) is 9.59 Å². The molecule has 4 nitrogen and oxygen atoms in total. The number of hydrogen-bond acceptors (Lipinski definition) is 3. The highest BCUT2D eigenvalue weighted by atomic mass is 32.2. The largest absolute Gasteiger partial charge is 0.352 e. The Morgan fingerprint density at radius 1 is 0.941 bits per heavy atom. The van der Waals surface area contributed by atoms with Gasteiger partial charge in [-0.25, -0.2) is 4.39 Å². The fourth-order valence-electron chi connectivity index (χ4n) is 3.55. The number of carbonyl (C=O) groups is 2. The number of thioether (sulfide) groups is 1. The summed E-state index contributed by atoms with van der Waals surface area (Å²) in [6.07, 6.45) is 1.12. The Bertz CT molecular complexity index is 1060. The number of rotatable bonds is 11. The fourth-order valence-corrected chi connectivity index (χ4v) is 4.36. The molecule has 0 unspecified atom stereocenters. The van der Waals surface area contributed by atoms with E-state index in [4.69, 9.17) is 0 Å². The van der Waals surface area contributed by atoms with E-state index in [1.165, 1.54) is 22.7 Å². The Morgan fingerprint density at radius 3 is 2.21 bits per heavy atom. The second-order valence-corrected chi connectivity index (χ2v) is 9.29. The van der Waals surface area contributed by atoms with Crippen molar-refractivity contribution in [1.29, 1.82) is 0 Å². The van der Waals surface area contributed by atoms with Crippen molar-refractivity contribution in [3.63, 3.8) is 0 Å². The quantitative estimate of drug-likeness (QED) is 0.372. The van der Waals surface area contributed by atoms with Gasteiger partial charge in [-0.1, -0.05) is 73.7 Å². The monoisotopic (exact) mass is 478 g/mol. The van der Waals surface area contributed by atoms with Gasteiger partial charge in [0.15, 0.2) is 0 Å². The second-order valence-electron chi connectivity index (χ2n) is 8.24. The van der Waals surface area contributed by atoms with Crippen LogP contribution < -0.4 is 5.32 Å². The van der Waals surface area contributed by atoms with Gasteiger partial charge >= 0.3 is 0 Å². The van der Waals surface area contributed by atoms with Crippen LogP contribution in [0.5, 0.6) is 0 Å². The molecule has 0 fully saturated rings.